The normalized spacial score (nSPS) is 15.5. The lowest BCUT2D eigenvalue weighted by Gasteiger charge is -2.19. The fraction of sp³-hybridized carbons (Fsp3) is 0.500. The largest absolute Gasteiger partial charge is 0.409 e. The SMILES string of the molecule is CC(C)C(O)CNCC(/C(N)=N/O)c1ccccc1. The molecule has 0 radical (unpaired) electrons. The van der Waals surface area contributed by atoms with E-state index >= 15 is 0 Å². The summed E-state index contributed by atoms with van der Waals surface area (Å²) in [5.41, 5.74) is 6.70. The van der Waals surface area contributed by atoms with E-state index in [0.717, 1.165) is 5.56 Å². The predicted molar refractivity (Wildman–Crippen MR) is 76.3 cm³/mol. The Bertz CT molecular complexity index is 393. The lowest BCUT2D eigenvalue weighted by molar-refractivity contribution is 0.124. The molecule has 0 aliphatic carbocycles. The van der Waals surface area contributed by atoms with E-state index in [1.165, 1.54) is 0 Å². The van der Waals surface area contributed by atoms with Gasteiger partial charge in [-0.05, 0) is 11.5 Å². The molecule has 106 valence electrons. The summed E-state index contributed by atoms with van der Waals surface area (Å²) in [6.07, 6.45) is -0.399. The van der Waals surface area contributed by atoms with Crippen molar-refractivity contribution >= 4 is 5.84 Å². The maximum Gasteiger partial charge on any atom is 0.147 e. The molecule has 0 amide bonds. The van der Waals surface area contributed by atoms with Gasteiger partial charge in [0.2, 0.25) is 0 Å². The first-order valence-corrected chi connectivity index (χ1v) is 6.47. The van der Waals surface area contributed by atoms with E-state index in [1.54, 1.807) is 0 Å². The van der Waals surface area contributed by atoms with Gasteiger partial charge < -0.3 is 21.4 Å². The van der Waals surface area contributed by atoms with E-state index in [0.29, 0.717) is 13.1 Å². The zero-order chi connectivity index (χ0) is 14.3. The average Bonchev–Trinajstić information content (AvgIpc) is 2.43. The number of nitrogens with zero attached hydrogens (tertiary/aromatic N) is 1. The third-order valence-electron chi connectivity index (χ3n) is 3.15. The van der Waals surface area contributed by atoms with E-state index < -0.39 is 6.10 Å². The third-order valence-corrected chi connectivity index (χ3v) is 3.15. The van der Waals surface area contributed by atoms with E-state index in [1.807, 2.05) is 44.2 Å². The van der Waals surface area contributed by atoms with Crippen LogP contribution in [0.2, 0.25) is 0 Å². The Morgan fingerprint density at radius 1 is 1.26 bits per heavy atom. The number of hydrogen-bond acceptors (Lipinski definition) is 4. The molecule has 0 fully saturated rings. The molecule has 1 aromatic carbocycles. The molecule has 5 N–H and O–H groups in total. The predicted octanol–water partition coefficient (Wildman–Crippen LogP) is 1.12. The molecule has 1 aromatic rings. The molecule has 0 aliphatic heterocycles. The number of nitrogens with two attached hydrogens (primary N) is 1. The van der Waals surface area contributed by atoms with E-state index in [-0.39, 0.29) is 17.7 Å². The van der Waals surface area contributed by atoms with Crippen LogP contribution in [0.15, 0.2) is 35.5 Å². The first kappa shape index (κ1) is 15.5. The summed E-state index contributed by atoms with van der Waals surface area (Å²) in [6.45, 7) is 4.93. The lowest BCUT2D eigenvalue weighted by atomic mass is 9.97. The summed E-state index contributed by atoms with van der Waals surface area (Å²) in [5, 5.41) is 24.8. The van der Waals surface area contributed by atoms with Crippen LogP contribution in [0.25, 0.3) is 0 Å². The topological polar surface area (TPSA) is 90.9 Å². The number of amidine groups is 1. The highest BCUT2D eigenvalue weighted by atomic mass is 16.4. The van der Waals surface area contributed by atoms with Crippen molar-refractivity contribution in [2.45, 2.75) is 25.9 Å². The van der Waals surface area contributed by atoms with Crippen molar-refractivity contribution in [1.82, 2.24) is 5.32 Å². The van der Waals surface area contributed by atoms with Gasteiger partial charge in [-0.25, -0.2) is 0 Å². The van der Waals surface area contributed by atoms with Crippen LogP contribution >= 0.6 is 0 Å². The summed E-state index contributed by atoms with van der Waals surface area (Å²) in [6, 6.07) is 9.61. The van der Waals surface area contributed by atoms with Crippen molar-refractivity contribution in [2.24, 2.45) is 16.8 Å². The Kier molecular flexibility index (Phi) is 6.32. The summed E-state index contributed by atoms with van der Waals surface area (Å²) >= 11 is 0. The van der Waals surface area contributed by atoms with Crippen molar-refractivity contribution in [3.05, 3.63) is 35.9 Å². The van der Waals surface area contributed by atoms with Crippen molar-refractivity contribution in [2.75, 3.05) is 13.1 Å². The van der Waals surface area contributed by atoms with Gasteiger partial charge in [-0.2, -0.15) is 0 Å². The monoisotopic (exact) mass is 265 g/mol. The molecular formula is C14H23N3O2. The van der Waals surface area contributed by atoms with Crippen molar-refractivity contribution in [3.8, 4) is 0 Å². The molecule has 5 nitrogen and oxygen atoms in total. The second-order valence-electron chi connectivity index (χ2n) is 4.96. The molecule has 2 unspecified atom stereocenters. The van der Waals surface area contributed by atoms with Crippen LogP contribution in [0.5, 0.6) is 0 Å². The number of benzene rings is 1. The number of hydrogen-bond donors (Lipinski definition) is 4. The van der Waals surface area contributed by atoms with Gasteiger partial charge in [0.15, 0.2) is 0 Å². The third kappa shape index (κ3) is 4.89. The Morgan fingerprint density at radius 2 is 1.89 bits per heavy atom. The second kappa shape index (κ2) is 7.76. The van der Waals surface area contributed by atoms with Gasteiger partial charge in [0, 0.05) is 13.1 Å². The van der Waals surface area contributed by atoms with Gasteiger partial charge in [-0.15, -0.1) is 0 Å². The van der Waals surface area contributed by atoms with Gasteiger partial charge >= 0.3 is 0 Å². The van der Waals surface area contributed by atoms with Gasteiger partial charge in [-0.3, -0.25) is 0 Å². The highest BCUT2D eigenvalue weighted by Crippen LogP contribution is 2.14. The Morgan fingerprint density at radius 3 is 2.42 bits per heavy atom. The van der Waals surface area contributed by atoms with Crippen LogP contribution in [-0.2, 0) is 0 Å². The molecule has 0 saturated heterocycles. The minimum atomic E-state index is -0.399. The molecule has 0 bridgehead atoms. The van der Waals surface area contributed by atoms with Crippen molar-refractivity contribution in [3.63, 3.8) is 0 Å². The maximum absolute atomic E-state index is 9.73. The molecule has 0 heterocycles. The number of oxime groups is 1. The van der Waals surface area contributed by atoms with Gasteiger partial charge in [-0.1, -0.05) is 49.3 Å². The van der Waals surface area contributed by atoms with Crippen LogP contribution in [0.4, 0.5) is 0 Å². The summed E-state index contributed by atoms with van der Waals surface area (Å²) in [5.74, 6) is 0.162. The van der Waals surface area contributed by atoms with E-state index in [9.17, 15) is 5.11 Å². The van der Waals surface area contributed by atoms with Crippen LogP contribution in [0.3, 0.4) is 0 Å². The summed E-state index contributed by atoms with van der Waals surface area (Å²) < 4.78 is 0. The summed E-state index contributed by atoms with van der Waals surface area (Å²) in [4.78, 5) is 0. The first-order valence-electron chi connectivity index (χ1n) is 6.47. The fourth-order valence-electron chi connectivity index (χ4n) is 1.76. The smallest absolute Gasteiger partial charge is 0.147 e. The molecule has 0 aromatic heterocycles. The molecule has 5 heteroatoms. The van der Waals surface area contributed by atoms with E-state index in [2.05, 4.69) is 10.5 Å². The van der Waals surface area contributed by atoms with Crippen LogP contribution in [0, 0.1) is 5.92 Å². The lowest BCUT2D eigenvalue weighted by Crippen LogP contribution is -2.37. The molecule has 0 saturated carbocycles. The minimum absolute atomic E-state index is 0.165. The molecule has 19 heavy (non-hydrogen) atoms. The van der Waals surface area contributed by atoms with Gasteiger partial charge in [0.1, 0.15) is 5.84 Å². The van der Waals surface area contributed by atoms with Crippen LogP contribution < -0.4 is 11.1 Å². The zero-order valence-electron chi connectivity index (χ0n) is 11.5. The number of aliphatic hydroxyl groups excluding tert-OH is 1. The number of rotatable bonds is 7. The number of aliphatic hydroxyl groups is 1. The Balaban J connectivity index is 2.62. The maximum atomic E-state index is 9.73. The summed E-state index contributed by atoms with van der Waals surface area (Å²) in [7, 11) is 0. The highest BCUT2D eigenvalue weighted by Gasteiger charge is 2.17. The van der Waals surface area contributed by atoms with Crippen LogP contribution in [0.1, 0.15) is 25.3 Å². The average molecular weight is 265 g/mol. The fourth-order valence-corrected chi connectivity index (χ4v) is 1.76. The highest BCUT2D eigenvalue weighted by molar-refractivity contribution is 5.87. The molecule has 1 rings (SSSR count). The zero-order valence-corrected chi connectivity index (χ0v) is 11.5. The molecule has 0 spiro atoms. The van der Waals surface area contributed by atoms with Crippen LogP contribution in [-0.4, -0.2) is 35.3 Å². The number of nitrogens with one attached hydrogen (secondary N) is 1. The van der Waals surface area contributed by atoms with Crippen molar-refractivity contribution < 1.29 is 10.3 Å². The molecule has 0 aliphatic rings. The van der Waals surface area contributed by atoms with Gasteiger partial charge in [0.25, 0.3) is 0 Å². The van der Waals surface area contributed by atoms with Crippen molar-refractivity contribution in [1.29, 1.82) is 0 Å². The van der Waals surface area contributed by atoms with E-state index in [4.69, 9.17) is 10.9 Å². The Hall–Kier alpha value is -1.59. The quantitative estimate of drug-likeness (QED) is 0.257. The molecular weight excluding hydrogens is 242 g/mol. The molecule has 2 atom stereocenters. The van der Waals surface area contributed by atoms with Gasteiger partial charge in [0.05, 0.1) is 12.0 Å². The second-order valence-corrected chi connectivity index (χ2v) is 4.96. The minimum Gasteiger partial charge on any atom is -0.409 e. The standard InChI is InChI=1S/C14H23N3O2/c1-10(2)13(18)9-16-8-12(14(15)17-19)11-6-4-3-5-7-11/h3-7,10,12-13,16,18-19H,8-9H2,1-2H3,(H2,15,17). The Labute approximate surface area is 114 Å². The first-order chi connectivity index (χ1) is 9.06.